The molecule has 0 saturated heterocycles. The van der Waals surface area contributed by atoms with Crippen molar-refractivity contribution in [3.05, 3.63) is 0 Å². The van der Waals surface area contributed by atoms with Crippen LogP contribution in [0.1, 0.15) is 20.3 Å². The van der Waals surface area contributed by atoms with Crippen LogP contribution in [0.5, 0.6) is 0 Å². The summed E-state index contributed by atoms with van der Waals surface area (Å²) in [4.78, 5) is 13.1. The predicted molar refractivity (Wildman–Crippen MR) is 50.7 cm³/mol. The second-order valence-electron chi connectivity index (χ2n) is 3.32. The molecule has 0 rings (SSSR count). The van der Waals surface area contributed by atoms with E-state index in [0.717, 1.165) is 0 Å². The van der Waals surface area contributed by atoms with Gasteiger partial charge in [-0.3, -0.25) is 4.79 Å². The first kappa shape index (κ1) is 11.9. The van der Waals surface area contributed by atoms with Gasteiger partial charge in [0.25, 0.3) is 0 Å². The van der Waals surface area contributed by atoms with Crippen LogP contribution in [0.2, 0.25) is 0 Å². The van der Waals surface area contributed by atoms with Crippen LogP contribution in [0.15, 0.2) is 0 Å². The van der Waals surface area contributed by atoms with Crippen molar-refractivity contribution in [3.63, 3.8) is 0 Å². The molecular weight excluding hydrogens is 166 g/mol. The van der Waals surface area contributed by atoms with Crippen LogP contribution < -0.4 is 5.73 Å². The molecular formula is C9H17N3O. The molecule has 0 aliphatic carbocycles. The van der Waals surface area contributed by atoms with E-state index < -0.39 is 0 Å². The highest BCUT2D eigenvalue weighted by atomic mass is 16.2. The van der Waals surface area contributed by atoms with Crippen LogP contribution in [0, 0.1) is 17.2 Å². The standard InChI is InChI=1S/C9H17N3O/c1-7(8(2)11)9(13)12(3)6-4-5-10/h7-8H,4,6,11H2,1-3H3. The Labute approximate surface area is 79.3 Å². The van der Waals surface area contributed by atoms with Gasteiger partial charge in [0.05, 0.1) is 18.4 Å². The van der Waals surface area contributed by atoms with Crippen molar-refractivity contribution in [2.75, 3.05) is 13.6 Å². The molecule has 74 valence electrons. The van der Waals surface area contributed by atoms with E-state index in [9.17, 15) is 4.79 Å². The van der Waals surface area contributed by atoms with E-state index in [1.165, 1.54) is 0 Å². The fourth-order valence-electron chi connectivity index (χ4n) is 0.900. The lowest BCUT2D eigenvalue weighted by molar-refractivity contribution is -0.134. The van der Waals surface area contributed by atoms with E-state index in [1.807, 2.05) is 6.07 Å². The fraction of sp³-hybridized carbons (Fsp3) is 0.778. The maximum absolute atomic E-state index is 11.5. The molecule has 0 heterocycles. The third kappa shape index (κ3) is 3.90. The molecule has 0 fully saturated rings. The molecule has 0 aromatic rings. The summed E-state index contributed by atoms with van der Waals surface area (Å²) >= 11 is 0. The van der Waals surface area contributed by atoms with Crippen molar-refractivity contribution >= 4 is 5.91 Å². The smallest absolute Gasteiger partial charge is 0.226 e. The van der Waals surface area contributed by atoms with Crippen molar-refractivity contribution in [1.82, 2.24) is 4.90 Å². The molecule has 2 atom stereocenters. The monoisotopic (exact) mass is 183 g/mol. The van der Waals surface area contributed by atoms with Crippen molar-refractivity contribution < 1.29 is 4.79 Å². The normalized spacial score (nSPS) is 14.4. The summed E-state index contributed by atoms with van der Waals surface area (Å²) in [6.45, 7) is 4.09. The van der Waals surface area contributed by atoms with Gasteiger partial charge in [-0.05, 0) is 6.92 Å². The van der Waals surface area contributed by atoms with Crippen LogP contribution >= 0.6 is 0 Å². The Morgan fingerprint density at radius 2 is 2.15 bits per heavy atom. The molecule has 4 nitrogen and oxygen atoms in total. The minimum absolute atomic E-state index is 0.00486. The van der Waals surface area contributed by atoms with Crippen LogP contribution in [0.3, 0.4) is 0 Å². The van der Waals surface area contributed by atoms with E-state index in [4.69, 9.17) is 11.0 Å². The number of rotatable bonds is 4. The van der Waals surface area contributed by atoms with Gasteiger partial charge < -0.3 is 10.6 Å². The Morgan fingerprint density at radius 1 is 1.62 bits per heavy atom. The van der Waals surface area contributed by atoms with Crippen molar-refractivity contribution in [1.29, 1.82) is 5.26 Å². The highest BCUT2D eigenvalue weighted by Gasteiger charge is 2.20. The lowest BCUT2D eigenvalue weighted by Gasteiger charge is -2.22. The first-order valence-corrected chi connectivity index (χ1v) is 4.38. The Morgan fingerprint density at radius 3 is 2.54 bits per heavy atom. The third-order valence-corrected chi connectivity index (χ3v) is 2.11. The molecule has 4 heteroatoms. The summed E-state index contributed by atoms with van der Waals surface area (Å²) < 4.78 is 0. The topological polar surface area (TPSA) is 70.1 Å². The zero-order chi connectivity index (χ0) is 10.4. The van der Waals surface area contributed by atoms with Crippen molar-refractivity contribution in [2.45, 2.75) is 26.3 Å². The summed E-state index contributed by atoms with van der Waals surface area (Å²) in [5, 5.41) is 8.33. The molecule has 0 saturated carbocycles. The van der Waals surface area contributed by atoms with E-state index >= 15 is 0 Å². The number of hydrogen-bond donors (Lipinski definition) is 1. The van der Waals surface area contributed by atoms with Gasteiger partial charge >= 0.3 is 0 Å². The number of carbonyl (C=O) groups excluding carboxylic acids is 1. The largest absolute Gasteiger partial charge is 0.344 e. The Kier molecular flexibility index (Phi) is 5.09. The second-order valence-corrected chi connectivity index (χ2v) is 3.32. The number of carbonyl (C=O) groups is 1. The van der Waals surface area contributed by atoms with Crippen LogP contribution in [0.4, 0.5) is 0 Å². The Balaban J connectivity index is 4.03. The first-order valence-electron chi connectivity index (χ1n) is 4.38. The van der Waals surface area contributed by atoms with Gasteiger partial charge in [-0.25, -0.2) is 0 Å². The number of amides is 1. The molecule has 0 spiro atoms. The molecule has 1 amide bonds. The van der Waals surface area contributed by atoms with E-state index in [0.29, 0.717) is 13.0 Å². The number of nitriles is 1. The third-order valence-electron chi connectivity index (χ3n) is 2.11. The van der Waals surface area contributed by atoms with Gasteiger partial charge in [0, 0.05) is 19.6 Å². The van der Waals surface area contributed by atoms with Gasteiger partial charge in [-0.2, -0.15) is 5.26 Å². The van der Waals surface area contributed by atoms with Crippen LogP contribution in [0.25, 0.3) is 0 Å². The van der Waals surface area contributed by atoms with E-state index in [2.05, 4.69) is 0 Å². The summed E-state index contributed by atoms with van der Waals surface area (Å²) in [5.41, 5.74) is 5.59. The highest BCUT2D eigenvalue weighted by Crippen LogP contribution is 2.04. The lowest BCUT2D eigenvalue weighted by Crippen LogP contribution is -2.40. The minimum Gasteiger partial charge on any atom is -0.344 e. The number of nitrogens with zero attached hydrogens (tertiary/aromatic N) is 2. The zero-order valence-corrected chi connectivity index (χ0v) is 8.45. The predicted octanol–water partition coefficient (Wildman–Crippen LogP) is 0.342. The number of nitrogens with two attached hydrogens (primary N) is 1. The molecule has 0 aromatic heterocycles. The first-order chi connectivity index (χ1) is 6.00. The van der Waals surface area contributed by atoms with Crippen molar-refractivity contribution in [3.8, 4) is 6.07 Å². The molecule has 0 bridgehead atoms. The highest BCUT2D eigenvalue weighted by molar-refractivity contribution is 5.78. The molecule has 0 aromatic carbocycles. The zero-order valence-electron chi connectivity index (χ0n) is 8.45. The summed E-state index contributed by atoms with van der Waals surface area (Å²) in [6.07, 6.45) is 0.369. The van der Waals surface area contributed by atoms with E-state index in [-0.39, 0.29) is 17.9 Å². The molecule has 2 unspecified atom stereocenters. The summed E-state index contributed by atoms with van der Waals surface area (Å²) in [6, 6.07) is 1.85. The molecule has 0 aliphatic rings. The molecule has 13 heavy (non-hydrogen) atoms. The SMILES string of the molecule is CC(N)C(C)C(=O)N(C)CCC#N. The van der Waals surface area contributed by atoms with Gasteiger partial charge in [0.2, 0.25) is 5.91 Å². The molecule has 0 radical (unpaired) electrons. The van der Waals surface area contributed by atoms with E-state index in [1.54, 1.807) is 25.8 Å². The Hall–Kier alpha value is -1.08. The Bertz CT molecular complexity index is 207. The fourth-order valence-corrected chi connectivity index (χ4v) is 0.900. The van der Waals surface area contributed by atoms with Gasteiger partial charge in [0.1, 0.15) is 0 Å². The molecule has 0 aliphatic heterocycles. The second kappa shape index (κ2) is 5.55. The minimum atomic E-state index is -0.177. The molecule has 2 N–H and O–H groups in total. The van der Waals surface area contributed by atoms with Gasteiger partial charge in [0.15, 0.2) is 0 Å². The van der Waals surface area contributed by atoms with Crippen LogP contribution in [-0.2, 0) is 4.79 Å². The average molecular weight is 183 g/mol. The summed E-state index contributed by atoms with van der Waals surface area (Å²) in [5.74, 6) is -0.172. The van der Waals surface area contributed by atoms with Crippen molar-refractivity contribution in [2.24, 2.45) is 11.7 Å². The maximum Gasteiger partial charge on any atom is 0.226 e. The quantitative estimate of drug-likeness (QED) is 0.683. The maximum atomic E-state index is 11.5. The summed E-state index contributed by atoms with van der Waals surface area (Å²) in [7, 11) is 1.69. The number of hydrogen-bond acceptors (Lipinski definition) is 3. The lowest BCUT2D eigenvalue weighted by atomic mass is 10.0. The van der Waals surface area contributed by atoms with Crippen LogP contribution in [-0.4, -0.2) is 30.4 Å². The van der Waals surface area contributed by atoms with Gasteiger partial charge in [-0.1, -0.05) is 6.92 Å². The average Bonchev–Trinajstić information content (AvgIpc) is 2.11. The van der Waals surface area contributed by atoms with Gasteiger partial charge in [-0.15, -0.1) is 0 Å².